The zero-order chi connectivity index (χ0) is 21.8. The molecule has 0 aromatic carbocycles. The van der Waals surface area contributed by atoms with Crippen LogP contribution >= 0.6 is 0 Å². The number of aliphatic hydroxyl groups is 1. The van der Waals surface area contributed by atoms with Crippen molar-refractivity contribution in [2.45, 2.75) is 103 Å². The number of carbonyl (C=O) groups excluding carboxylic acids is 1. The summed E-state index contributed by atoms with van der Waals surface area (Å²) in [6.45, 7) is 10.1. The van der Waals surface area contributed by atoms with Crippen molar-refractivity contribution >= 4 is 5.78 Å². The van der Waals surface area contributed by atoms with Gasteiger partial charge in [-0.05, 0) is 80.0 Å². The number of hydrogen-bond donors (Lipinski definition) is 1. The fraction of sp³-hybridized carbons (Fsp3) is 0.963. The summed E-state index contributed by atoms with van der Waals surface area (Å²) in [6.07, 6.45) is 9.39. The number of ketones is 1. The average Bonchev–Trinajstić information content (AvgIpc) is 3.18. The minimum absolute atomic E-state index is 0.131. The highest BCUT2D eigenvalue weighted by Crippen LogP contribution is 2.70. The Kier molecular flexibility index (Phi) is 4.62. The van der Waals surface area contributed by atoms with Gasteiger partial charge in [-0.3, -0.25) is 4.79 Å². The summed E-state index contributed by atoms with van der Waals surface area (Å²) in [5, 5.41) is 10.3. The number of fused-ring (bicyclic) bond motifs is 7. The molecule has 31 heavy (non-hydrogen) atoms. The van der Waals surface area contributed by atoms with Crippen LogP contribution in [0.15, 0.2) is 0 Å². The van der Waals surface area contributed by atoms with Crippen molar-refractivity contribution in [2.24, 2.45) is 52.3 Å². The first-order valence-electron chi connectivity index (χ1n) is 13.2. The Balaban J connectivity index is 1.30. The number of ether oxygens (including phenoxy) is 2. The molecule has 2 aliphatic heterocycles. The third-order valence-electron chi connectivity index (χ3n) is 11.8. The maximum absolute atomic E-state index is 14.0. The lowest BCUT2D eigenvalue weighted by Crippen LogP contribution is -2.58. The van der Waals surface area contributed by atoms with Crippen LogP contribution in [-0.4, -0.2) is 35.5 Å². The molecule has 0 aromatic heterocycles. The summed E-state index contributed by atoms with van der Waals surface area (Å²) in [7, 11) is 0. The lowest BCUT2D eigenvalue weighted by Gasteiger charge is -2.60. The van der Waals surface area contributed by atoms with Gasteiger partial charge in [0.2, 0.25) is 0 Å². The highest BCUT2D eigenvalue weighted by molar-refractivity contribution is 5.87. The Morgan fingerprint density at radius 1 is 1.00 bits per heavy atom. The van der Waals surface area contributed by atoms with E-state index in [1.54, 1.807) is 0 Å². The zero-order valence-corrected chi connectivity index (χ0v) is 19.9. The van der Waals surface area contributed by atoms with Crippen molar-refractivity contribution in [3.8, 4) is 0 Å². The lowest BCUT2D eigenvalue weighted by atomic mass is 9.44. The van der Waals surface area contributed by atoms with Gasteiger partial charge in [0.1, 0.15) is 5.78 Å². The molecule has 0 amide bonds. The van der Waals surface area contributed by atoms with Crippen molar-refractivity contribution < 1.29 is 19.4 Å². The monoisotopic (exact) mass is 430 g/mol. The van der Waals surface area contributed by atoms with E-state index in [0.29, 0.717) is 41.3 Å². The van der Waals surface area contributed by atoms with Crippen LogP contribution in [0.2, 0.25) is 0 Å². The maximum Gasteiger partial charge on any atom is 0.171 e. The molecule has 4 saturated carbocycles. The Morgan fingerprint density at radius 3 is 2.55 bits per heavy atom. The molecule has 0 bridgehead atoms. The molecule has 6 aliphatic rings. The average molecular weight is 431 g/mol. The molecule has 6 rings (SSSR count). The second-order valence-corrected chi connectivity index (χ2v) is 13.0. The summed E-state index contributed by atoms with van der Waals surface area (Å²) in [5.41, 5.74) is -0.0221. The second kappa shape index (κ2) is 6.79. The van der Waals surface area contributed by atoms with Gasteiger partial charge in [0.15, 0.2) is 5.79 Å². The minimum atomic E-state index is -0.448. The van der Waals surface area contributed by atoms with Gasteiger partial charge in [-0.1, -0.05) is 27.7 Å². The molecule has 0 aromatic rings. The molecular weight excluding hydrogens is 388 g/mol. The van der Waals surface area contributed by atoms with Crippen molar-refractivity contribution in [1.82, 2.24) is 0 Å². The van der Waals surface area contributed by atoms with Crippen LogP contribution in [0.25, 0.3) is 0 Å². The normalized spacial score (nSPS) is 60.9. The predicted octanol–water partition coefficient (Wildman–Crippen LogP) is 4.97. The van der Waals surface area contributed by atoms with Crippen LogP contribution in [-0.2, 0) is 14.3 Å². The van der Waals surface area contributed by atoms with Gasteiger partial charge in [0, 0.05) is 30.1 Å². The molecular formula is C27H42O4. The van der Waals surface area contributed by atoms with E-state index < -0.39 is 5.79 Å². The third kappa shape index (κ3) is 2.68. The van der Waals surface area contributed by atoms with Crippen molar-refractivity contribution in [2.75, 3.05) is 6.61 Å². The highest BCUT2D eigenvalue weighted by atomic mass is 16.7. The van der Waals surface area contributed by atoms with Gasteiger partial charge >= 0.3 is 0 Å². The largest absolute Gasteiger partial charge is 0.393 e. The fourth-order valence-electron chi connectivity index (χ4n) is 9.93. The van der Waals surface area contributed by atoms with Gasteiger partial charge in [-0.2, -0.15) is 0 Å². The van der Waals surface area contributed by atoms with Crippen molar-refractivity contribution in [3.63, 3.8) is 0 Å². The number of carbonyl (C=O) groups is 1. The molecule has 4 nitrogen and oxygen atoms in total. The summed E-state index contributed by atoms with van der Waals surface area (Å²) >= 11 is 0. The first-order chi connectivity index (χ1) is 14.7. The SMILES string of the molecule is C[C@@H]1CC[C@@]2(OC1)O[C@H]1C[C@H]3[C@@H]4CC[C@H]5C[C@@H](O)CC[C@]5(C)[C@H]4CC(=O)[C@]3(C)C1[C@@H]2C. The van der Waals surface area contributed by atoms with Crippen LogP contribution in [0.3, 0.4) is 0 Å². The van der Waals surface area contributed by atoms with Gasteiger partial charge in [-0.15, -0.1) is 0 Å². The van der Waals surface area contributed by atoms with Gasteiger partial charge in [0.25, 0.3) is 0 Å². The van der Waals surface area contributed by atoms with Gasteiger partial charge < -0.3 is 14.6 Å². The number of rotatable bonds is 0. The molecule has 12 atom stereocenters. The number of hydrogen-bond acceptors (Lipinski definition) is 4. The molecule has 6 fully saturated rings. The Bertz CT molecular complexity index is 756. The van der Waals surface area contributed by atoms with Crippen LogP contribution in [0.4, 0.5) is 0 Å². The molecule has 2 saturated heterocycles. The summed E-state index contributed by atoms with van der Waals surface area (Å²) < 4.78 is 13.2. The zero-order valence-electron chi connectivity index (χ0n) is 19.9. The molecule has 4 heteroatoms. The quantitative estimate of drug-likeness (QED) is 0.589. The Morgan fingerprint density at radius 2 is 1.81 bits per heavy atom. The first kappa shape index (κ1) is 21.1. The maximum atomic E-state index is 14.0. The van der Waals surface area contributed by atoms with Crippen LogP contribution in [0.5, 0.6) is 0 Å². The van der Waals surface area contributed by atoms with Crippen LogP contribution in [0.1, 0.15) is 85.5 Å². The number of aliphatic hydroxyl groups excluding tert-OH is 1. The van der Waals surface area contributed by atoms with Crippen LogP contribution < -0.4 is 0 Å². The van der Waals surface area contributed by atoms with E-state index in [4.69, 9.17) is 9.47 Å². The van der Waals surface area contributed by atoms with Crippen LogP contribution in [0, 0.1) is 52.3 Å². The second-order valence-electron chi connectivity index (χ2n) is 13.0. The van der Waals surface area contributed by atoms with E-state index >= 15 is 0 Å². The lowest BCUT2D eigenvalue weighted by molar-refractivity contribution is -0.272. The number of Topliss-reactive ketones (excluding diaryl/α,β-unsaturated/α-hetero) is 1. The Labute approximate surface area is 187 Å². The first-order valence-corrected chi connectivity index (χ1v) is 13.2. The van der Waals surface area contributed by atoms with E-state index in [2.05, 4.69) is 27.7 Å². The Hall–Kier alpha value is -0.450. The molecule has 1 unspecified atom stereocenters. The van der Waals surface area contributed by atoms with Gasteiger partial charge in [-0.25, -0.2) is 0 Å². The minimum Gasteiger partial charge on any atom is -0.393 e. The summed E-state index contributed by atoms with van der Waals surface area (Å²) in [5.74, 6) is 3.45. The predicted molar refractivity (Wildman–Crippen MR) is 118 cm³/mol. The molecule has 1 spiro atoms. The van der Waals surface area contributed by atoms with E-state index in [1.165, 1.54) is 12.8 Å². The van der Waals surface area contributed by atoms with Crippen molar-refractivity contribution in [3.05, 3.63) is 0 Å². The summed E-state index contributed by atoms with van der Waals surface area (Å²) in [4.78, 5) is 14.0. The third-order valence-corrected chi connectivity index (χ3v) is 11.8. The topological polar surface area (TPSA) is 55.8 Å². The fourth-order valence-corrected chi connectivity index (χ4v) is 9.93. The van der Waals surface area contributed by atoms with E-state index in [-0.39, 0.29) is 29.0 Å². The van der Waals surface area contributed by atoms with Gasteiger partial charge in [0.05, 0.1) is 18.8 Å². The highest BCUT2D eigenvalue weighted by Gasteiger charge is 2.71. The van der Waals surface area contributed by atoms with E-state index in [0.717, 1.165) is 51.6 Å². The summed E-state index contributed by atoms with van der Waals surface area (Å²) in [6, 6.07) is 0. The molecule has 4 aliphatic carbocycles. The van der Waals surface area contributed by atoms with Crippen molar-refractivity contribution in [1.29, 1.82) is 0 Å². The molecule has 0 radical (unpaired) electrons. The smallest absolute Gasteiger partial charge is 0.171 e. The molecule has 2 heterocycles. The standard InChI is InChI=1S/C27H42O4/c1-15-7-10-27(30-14-15)16(2)24-22(31-27)12-21-19-6-5-17-11-18(28)8-9-25(17,3)20(19)13-23(29)26(21,24)4/h15-22,24,28H,5-14H2,1-4H3/t15-,16+,17+,18+,19-,20+,21+,22+,24?,25+,26-,27-/m1/s1. The van der Waals surface area contributed by atoms with E-state index in [9.17, 15) is 9.90 Å². The molecule has 174 valence electrons. The van der Waals surface area contributed by atoms with E-state index in [1.807, 2.05) is 0 Å². The molecule has 1 N–H and O–H groups in total.